The topological polar surface area (TPSA) is 66.4 Å². The molecule has 0 saturated heterocycles. The summed E-state index contributed by atoms with van der Waals surface area (Å²) in [6, 6.07) is 3.08. The molecule has 6 heteroatoms. The number of aryl methyl sites for hydroxylation is 1. The van der Waals surface area contributed by atoms with Gasteiger partial charge in [0, 0.05) is 0 Å². The summed E-state index contributed by atoms with van der Waals surface area (Å²) in [4.78, 5) is 0. The van der Waals surface area contributed by atoms with Crippen LogP contribution in [0.25, 0.3) is 0 Å². The molecule has 0 saturated carbocycles. The van der Waals surface area contributed by atoms with Gasteiger partial charge in [-0.15, -0.1) is 0 Å². The fraction of sp³-hybridized carbons (Fsp3) is 0.455. The molecule has 0 aliphatic rings. The standard InChI is InChI=1S/C11H16BrNO3S/c1-3-4-5-17(15,16)13-10-7-9(12)11(14)6-8(10)2/h6-7,13-14H,3-5H2,1-2H3. The summed E-state index contributed by atoms with van der Waals surface area (Å²) in [5, 5.41) is 9.44. The lowest BCUT2D eigenvalue weighted by molar-refractivity contribution is 0.471. The third kappa shape index (κ3) is 4.20. The molecule has 0 spiro atoms. The first-order chi connectivity index (χ1) is 7.85. The van der Waals surface area contributed by atoms with Crippen LogP contribution >= 0.6 is 15.9 Å². The number of sulfonamides is 1. The first-order valence-electron chi connectivity index (χ1n) is 5.35. The molecule has 17 heavy (non-hydrogen) atoms. The largest absolute Gasteiger partial charge is 0.507 e. The Morgan fingerprint density at radius 3 is 2.65 bits per heavy atom. The van der Waals surface area contributed by atoms with Crippen molar-refractivity contribution in [1.29, 1.82) is 0 Å². The highest BCUT2D eigenvalue weighted by Crippen LogP contribution is 2.30. The predicted molar refractivity (Wildman–Crippen MR) is 72.9 cm³/mol. The van der Waals surface area contributed by atoms with E-state index in [9.17, 15) is 13.5 Å². The maximum absolute atomic E-state index is 11.7. The molecule has 1 aromatic carbocycles. The second-order valence-electron chi connectivity index (χ2n) is 3.89. The Morgan fingerprint density at radius 1 is 1.41 bits per heavy atom. The maximum Gasteiger partial charge on any atom is 0.232 e. The summed E-state index contributed by atoms with van der Waals surface area (Å²) in [5.74, 6) is 0.209. The maximum atomic E-state index is 11.7. The van der Waals surface area contributed by atoms with Crippen molar-refractivity contribution in [3.63, 3.8) is 0 Å². The molecule has 0 aliphatic carbocycles. The van der Waals surface area contributed by atoms with Crippen molar-refractivity contribution in [1.82, 2.24) is 0 Å². The predicted octanol–water partition coefficient (Wildman–Crippen LogP) is 3.00. The molecule has 1 aromatic rings. The number of anilines is 1. The van der Waals surface area contributed by atoms with Gasteiger partial charge in [0.15, 0.2) is 0 Å². The molecule has 0 atom stereocenters. The molecule has 0 aromatic heterocycles. The average molecular weight is 322 g/mol. The van der Waals surface area contributed by atoms with Gasteiger partial charge in [0.1, 0.15) is 5.75 Å². The molecule has 0 aliphatic heterocycles. The summed E-state index contributed by atoms with van der Waals surface area (Å²) in [7, 11) is -3.30. The van der Waals surface area contributed by atoms with Crippen molar-refractivity contribution in [2.75, 3.05) is 10.5 Å². The van der Waals surface area contributed by atoms with E-state index in [1.54, 1.807) is 13.0 Å². The fourth-order valence-electron chi connectivity index (χ4n) is 1.33. The first-order valence-corrected chi connectivity index (χ1v) is 7.80. The number of unbranched alkanes of at least 4 members (excludes halogenated alkanes) is 1. The number of hydrogen-bond acceptors (Lipinski definition) is 3. The van der Waals surface area contributed by atoms with Crippen LogP contribution in [0.3, 0.4) is 0 Å². The molecule has 1 rings (SSSR count). The molecule has 0 heterocycles. The molecule has 0 amide bonds. The zero-order valence-corrected chi connectivity index (χ0v) is 12.2. The van der Waals surface area contributed by atoms with Crippen LogP contribution in [0.5, 0.6) is 5.75 Å². The van der Waals surface area contributed by atoms with Crippen LogP contribution in [0.1, 0.15) is 25.3 Å². The summed E-state index contributed by atoms with van der Waals surface area (Å²) >= 11 is 3.16. The minimum atomic E-state index is -3.30. The van der Waals surface area contributed by atoms with Gasteiger partial charge in [0.25, 0.3) is 0 Å². The highest BCUT2D eigenvalue weighted by molar-refractivity contribution is 9.10. The van der Waals surface area contributed by atoms with Crippen LogP contribution in [0, 0.1) is 6.92 Å². The molecule has 4 nitrogen and oxygen atoms in total. The van der Waals surface area contributed by atoms with E-state index in [4.69, 9.17) is 0 Å². The third-order valence-corrected chi connectivity index (χ3v) is 4.32. The summed E-state index contributed by atoms with van der Waals surface area (Å²) < 4.78 is 26.4. The van der Waals surface area contributed by atoms with Crippen LogP contribution in [0.15, 0.2) is 16.6 Å². The summed E-state index contributed by atoms with van der Waals surface area (Å²) in [6.07, 6.45) is 1.47. The highest BCUT2D eigenvalue weighted by Gasteiger charge is 2.12. The molecule has 96 valence electrons. The van der Waals surface area contributed by atoms with E-state index in [2.05, 4.69) is 20.7 Å². The normalized spacial score (nSPS) is 11.5. The second kappa shape index (κ2) is 5.73. The quantitative estimate of drug-likeness (QED) is 0.819. The molecule has 0 bridgehead atoms. The lowest BCUT2D eigenvalue weighted by Gasteiger charge is -2.11. The second-order valence-corrected chi connectivity index (χ2v) is 6.59. The Bertz CT molecular complexity index is 500. The van der Waals surface area contributed by atoms with Gasteiger partial charge in [0.05, 0.1) is 15.9 Å². The van der Waals surface area contributed by atoms with Gasteiger partial charge in [-0.1, -0.05) is 13.3 Å². The Hall–Kier alpha value is -0.750. The number of benzene rings is 1. The van der Waals surface area contributed by atoms with Gasteiger partial charge in [-0.2, -0.15) is 0 Å². The van der Waals surface area contributed by atoms with Crippen LogP contribution in [0.4, 0.5) is 5.69 Å². The van der Waals surface area contributed by atoms with Gasteiger partial charge in [-0.25, -0.2) is 8.42 Å². The molecule has 0 fully saturated rings. The molecule has 0 radical (unpaired) electrons. The smallest absolute Gasteiger partial charge is 0.232 e. The van der Waals surface area contributed by atoms with Crippen molar-refractivity contribution >= 4 is 31.6 Å². The number of halogens is 1. The minimum Gasteiger partial charge on any atom is -0.507 e. The van der Waals surface area contributed by atoms with Crippen molar-refractivity contribution in [3.05, 3.63) is 22.2 Å². The number of rotatable bonds is 5. The number of phenolic OH excluding ortho intramolecular Hbond substituents is 1. The monoisotopic (exact) mass is 321 g/mol. The molecular weight excluding hydrogens is 306 g/mol. The Balaban J connectivity index is 2.92. The Morgan fingerprint density at radius 2 is 2.06 bits per heavy atom. The molecule has 2 N–H and O–H groups in total. The molecular formula is C11H16BrNO3S. The zero-order valence-electron chi connectivity index (χ0n) is 9.83. The van der Waals surface area contributed by atoms with E-state index in [1.165, 1.54) is 6.07 Å². The van der Waals surface area contributed by atoms with E-state index in [0.717, 1.165) is 6.42 Å². The number of hydrogen-bond donors (Lipinski definition) is 2. The van der Waals surface area contributed by atoms with Crippen molar-refractivity contribution in [2.24, 2.45) is 0 Å². The van der Waals surface area contributed by atoms with Crippen molar-refractivity contribution in [2.45, 2.75) is 26.7 Å². The van der Waals surface area contributed by atoms with E-state index in [-0.39, 0.29) is 11.5 Å². The highest BCUT2D eigenvalue weighted by atomic mass is 79.9. The van der Waals surface area contributed by atoms with Crippen LogP contribution in [0.2, 0.25) is 0 Å². The molecule has 0 unspecified atom stereocenters. The number of nitrogens with one attached hydrogen (secondary N) is 1. The fourth-order valence-corrected chi connectivity index (χ4v) is 3.00. The third-order valence-electron chi connectivity index (χ3n) is 2.33. The number of aromatic hydroxyl groups is 1. The van der Waals surface area contributed by atoms with Crippen LogP contribution in [-0.2, 0) is 10.0 Å². The van der Waals surface area contributed by atoms with Crippen LogP contribution < -0.4 is 4.72 Å². The van der Waals surface area contributed by atoms with Crippen molar-refractivity contribution in [3.8, 4) is 5.75 Å². The van der Waals surface area contributed by atoms with Gasteiger partial charge in [-0.05, 0) is 47.0 Å². The van der Waals surface area contributed by atoms with Crippen LogP contribution in [-0.4, -0.2) is 19.3 Å². The SMILES string of the molecule is CCCCS(=O)(=O)Nc1cc(Br)c(O)cc1C. The lowest BCUT2D eigenvalue weighted by atomic mass is 10.2. The van der Waals surface area contributed by atoms with Gasteiger partial charge in [0.2, 0.25) is 10.0 Å². The van der Waals surface area contributed by atoms with Gasteiger partial charge < -0.3 is 5.11 Å². The van der Waals surface area contributed by atoms with E-state index >= 15 is 0 Å². The lowest BCUT2D eigenvalue weighted by Crippen LogP contribution is -2.17. The first kappa shape index (κ1) is 14.3. The van der Waals surface area contributed by atoms with Crippen molar-refractivity contribution < 1.29 is 13.5 Å². The average Bonchev–Trinajstić information content (AvgIpc) is 2.23. The van der Waals surface area contributed by atoms with Gasteiger partial charge in [-0.3, -0.25) is 4.72 Å². The zero-order chi connectivity index (χ0) is 13.1. The summed E-state index contributed by atoms with van der Waals surface area (Å²) in [6.45, 7) is 3.68. The summed E-state index contributed by atoms with van der Waals surface area (Å²) in [5.41, 5.74) is 1.18. The van der Waals surface area contributed by atoms with Gasteiger partial charge >= 0.3 is 0 Å². The van der Waals surface area contributed by atoms with E-state index in [1.807, 2.05) is 6.92 Å². The number of phenols is 1. The van der Waals surface area contributed by atoms with E-state index < -0.39 is 10.0 Å². The minimum absolute atomic E-state index is 0.0963. The Labute approximate surface area is 110 Å². The Kier molecular flexibility index (Phi) is 4.82. The van der Waals surface area contributed by atoms with E-state index in [0.29, 0.717) is 22.1 Å².